The lowest BCUT2D eigenvalue weighted by Crippen LogP contribution is -2.19. The average molecular weight is 410 g/mol. The van der Waals surface area contributed by atoms with Crippen LogP contribution in [0.2, 0.25) is 0 Å². The molecule has 0 spiro atoms. The van der Waals surface area contributed by atoms with E-state index in [-0.39, 0.29) is 5.92 Å². The van der Waals surface area contributed by atoms with Gasteiger partial charge in [0, 0.05) is 12.5 Å². The molecule has 0 heterocycles. The van der Waals surface area contributed by atoms with Crippen LogP contribution in [0, 0.1) is 0 Å². The van der Waals surface area contributed by atoms with Crippen molar-refractivity contribution in [3.05, 3.63) is 95.6 Å². The van der Waals surface area contributed by atoms with E-state index in [1.165, 1.54) is 38.6 Å². The van der Waals surface area contributed by atoms with Crippen molar-refractivity contribution < 1.29 is 9.47 Å². The molecule has 0 saturated carbocycles. The number of likely N-dealkylation sites (N-methyl/N-ethyl adjacent to an activating group) is 1. The van der Waals surface area contributed by atoms with Crippen LogP contribution in [0.25, 0.3) is 21.9 Å². The summed E-state index contributed by atoms with van der Waals surface area (Å²) >= 11 is 0. The lowest BCUT2D eigenvalue weighted by Gasteiger charge is -2.18. The summed E-state index contributed by atoms with van der Waals surface area (Å²) in [6, 6.07) is 28.2. The van der Waals surface area contributed by atoms with E-state index in [2.05, 4.69) is 97.9 Å². The first-order valence-corrected chi connectivity index (χ1v) is 10.7. The molecular weight excluding hydrogens is 382 g/mol. The van der Waals surface area contributed by atoms with Crippen molar-refractivity contribution in [2.24, 2.45) is 0 Å². The van der Waals surface area contributed by atoms with Crippen LogP contribution in [0.5, 0.6) is 11.5 Å². The van der Waals surface area contributed by atoms with Crippen molar-refractivity contribution in [1.82, 2.24) is 4.90 Å². The second-order valence-electron chi connectivity index (χ2n) is 8.35. The van der Waals surface area contributed by atoms with Crippen molar-refractivity contribution >= 4 is 10.8 Å². The van der Waals surface area contributed by atoms with Gasteiger partial charge in [-0.05, 0) is 77.0 Å². The molecule has 0 fully saturated rings. The van der Waals surface area contributed by atoms with Gasteiger partial charge >= 0.3 is 0 Å². The predicted octanol–water partition coefficient (Wildman–Crippen LogP) is 5.95. The van der Waals surface area contributed by atoms with E-state index in [0.29, 0.717) is 6.61 Å². The molecule has 5 rings (SSSR count). The summed E-state index contributed by atoms with van der Waals surface area (Å²) in [6.07, 6.45) is 0. The molecule has 3 nitrogen and oxygen atoms in total. The molecule has 4 aromatic rings. The summed E-state index contributed by atoms with van der Waals surface area (Å²) < 4.78 is 11.5. The highest BCUT2D eigenvalue weighted by Gasteiger charge is 2.32. The molecule has 0 N–H and O–H groups in total. The standard InChI is InChI=1S/C28H27NO2/c1-29(2)16-17-31-21-11-8-20(9-12-21)27-26-18-22(30-3)13-15-24(26)25-14-10-19-6-4-5-7-23(19)28(25)27/h4-15,18,27H,16-17H2,1-3H3. The summed E-state index contributed by atoms with van der Waals surface area (Å²) in [5.74, 6) is 1.97. The highest BCUT2D eigenvalue weighted by Crippen LogP contribution is 2.51. The minimum atomic E-state index is 0.169. The van der Waals surface area contributed by atoms with Crippen LogP contribution in [-0.2, 0) is 0 Å². The highest BCUT2D eigenvalue weighted by atomic mass is 16.5. The molecule has 1 unspecified atom stereocenters. The Morgan fingerprint density at radius 2 is 1.55 bits per heavy atom. The van der Waals surface area contributed by atoms with Gasteiger partial charge in [0.05, 0.1) is 7.11 Å². The summed E-state index contributed by atoms with van der Waals surface area (Å²) in [7, 11) is 5.84. The van der Waals surface area contributed by atoms with Crippen molar-refractivity contribution in [2.45, 2.75) is 5.92 Å². The summed E-state index contributed by atoms with van der Waals surface area (Å²) in [6.45, 7) is 1.58. The van der Waals surface area contributed by atoms with E-state index in [1.807, 2.05) is 0 Å². The van der Waals surface area contributed by atoms with E-state index < -0.39 is 0 Å². The first-order valence-electron chi connectivity index (χ1n) is 10.7. The fraction of sp³-hybridized carbons (Fsp3) is 0.214. The molecule has 156 valence electrons. The Bertz CT molecular complexity index is 1230. The summed E-state index contributed by atoms with van der Waals surface area (Å²) in [5.41, 5.74) is 6.55. The molecular formula is C28H27NO2. The van der Waals surface area contributed by atoms with Crippen LogP contribution < -0.4 is 9.47 Å². The molecule has 0 aromatic heterocycles. The maximum Gasteiger partial charge on any atom is 0.119 e. The number of methoxy groups -OCH3 is 1. The van der Waals surface area contributed by atoms with E-state index >= 15 is 0 Å². The largest absolute Gasteiger partial charge is 0.497 e. The second kappa shape index (κ2) is 8.09. The Hall–Kier alpha value is -3.30. The molecule has 31 heavy (non-hydrogen) atoms. The number of fused-ring (bicyclic) bond motifs is 5. The second-order valence-corrected chi connectivity index (χ2v) is 8.35. The number of ether oxygens (including phenoxy) is 2. The number of benzene rings is 4. The van der Waals surface area contributed by atoms with E-state index in [9.17, 15) is 0 Å². The molecule has 1 aliphatic rings. The molecule has 0 radical (unpaired) electrons. The van der Waals surface area contributed by atoms with Crippen molar-refractivity contribution in [3.8, 4) is 22.6 Å². The van der Waals surface area contributed by atoms with Crippen LogP contribution in [0.4, 0.5) is 0 Å². The highest BCUT2D eigenvalue weighted by molar-refractivity contribution is 5.97. The van der Waals surface area contributed by atoms with Gasteiger partial charge < -0.3 is 14.4 Å². The van der Waals surface area contributed by atoms with Crippen molar-refractivity contribution in [1.29, 1.82) is 0 Å². The normalized spacial score (nSPS) is 14.5. The zero-order valence-corrected chi connectivity index (χ0v) is 18.3. The first-order chi connectivity index (χ1) is 15.2. The smallest absolute Gasteiger partial charge is 0.119 e. The van der Waals surface area contributed by atoms with Gasteiger partial charge in [-0.25, -0.2) is 0 Å². The number of rotatable bonds is 6. The molecule has 0 aliphatic heterocycles. The molecule has 0 saturated heterocycles. The third-order valence-electron chi connectivity index (χ3n) is 6.14. The van der Waals surface area contributed by atoms with Crippen molar-refractivity contribution in [3.63, 3.8) is 0 Å². The van der Waals surface area contributed by atoms with Gasteiger partial charge in [-0.2, -0.15) is 0 Å². The van der Waals surface area contributed by atoms with Crippen LogP contribution in [0.3, 0.4) is 0 Å². The minimum Gasteiger partial charge on any atom is -0.497 e. The molecule has 0 amide bonds. The first kappa shape index (κ1) is 19.7. The van der Waals surface area contributed by atoms with Gasteiger partial charge in [0.2, 0.25) is 0 Å². The Morgan fingerprint density at radius 1 is 0.806 bits per heavy atom. The van der Waals surface area contributed by atoms with E-state index in [1.54, 1.807) is 7.11 Å². The van der Waals surface area contributed by atoms with Gasteiger partial charge in [0.15, 0.2) is 0 Å². The summed E-state index contributed by atoms with van der Waals surface area (Å²) in [5, 5.41) is 2.58. The third kappa shape index (κ3) is 3.55. The van der Waals surface area contributed by atoms with Crippen LogP contribution in [-0.4, -0.2) is 39.3 Å². The van der Waals surface area contributed by atoms with Gasteiger partial charge in [-0.3, -0.25) is 0 Å². The van der Waals surface area contributed by atoms with Gasteiger partial charge in [-0.15, -0.1) is 0 Å². The summed E-state index contributed by atoms with van der Waals surface area (Å²) in [4.78, 5) is 2.12. The number of hydrogen-bond donors (Lipinski definition) is 0. The zero-order chi connectivity index (χ0) is 21.4. The minimum absolute atomic E-state index is 0.169. The molecule has 1 atom stereocenters. The third-order valence-corrected chi connectivity index (χ3v) is 6.14. The van der Waals surface area contributed by atoms with Crippen LogP contribution in [0.1, 0.15) is 22.6 Å². The quantitative estimate of drug-likeness (QED) is 0.346. The Balaban J connectivity index is 1.60. The Labute approximate surface area is 183 Å². The Kier molecular flexibility index (Phi) is 5.13. The van der Waals surface area contributed by atoms with Crippen molar-refractivity contribution in [2.75, 3.05) is 34.4 Å². The fourth-order valence-corrected chi connectivity index (χ4v) is 4.60. The van der Waals surface area contributed by atoms with Gasteiger partial charge in [-0.1, -0.05) is 54.6 Å². The molecule has 0 bridgehead atoms. The van der Waals surface area contributed by atoms with Gasteiger partial charge in [0.25, 0.3) is 0 Å². The maximum absolute atomic E-state index is 5.92. The zero-order valence-electron chi connectivity index (χ0n) is 18.3. The monoisotopic (exact) mass is 409 g/mol. The number of nitrogens with zero attached hydrogens (tertiary/aromatic N) is 1. The lowest BCUT2D eigenvalue weighted by molar-refractivity contribution is 0.261. The molecule has 4 aromatic carbocycles. The number of hydrogen-bond acceptors (Lipinski definition) is 3. The topological polar surface area (TPSA) is 21.7 Å². The lowest BCUT2D eigenvalue weighted by atomic mass is 9.86. The van der Waals surface area contributed by atoms with Crippen LogP contribution >= 0.6 is 0 Å². The van der Waals surface area contributed by atoms with Gasteiger partial charge in [0.1, 0.15) is 18.1 Å². The molecule has 1 aliphatic carbocycles. The fourth-order valence-electron chi connectivity index (χ4n) is 4.60. The SMILES string of the molecule is COc1ccc2c(c1)C(c1ccc(OCCN(C)C)cc1)c1c-2ccc2ccccc12. The predicted molar refractivity (Wildman–Crippen MR) is 127 cm³/mol. The Morgan fingerprint density at radius 3 is 2.32 bits per heavy atom. The van der Waals surface area contributed by atoms with E-state index in [4.69, 9.17) is 9.47 Å². The average Bonchev–Trinajstić information content (AvgIpc) is 3.13. The maximum atomic E-state index is 5.92. The van der Waals surface area contributed by atoms with E-state index in [0.717, 1.165) is 18.0 Å². The molecule has 3 heteroatoms. The van der Waals surface area contributed by atoms with Crippen LogP contribution in [0.15, 0.2) is 78.9 Å².